The van der Waals surface area contributed by atoms with Crippen LogP contribution in [0.4, 0.5) is 5.69 Å². The van der Waals surface area contributed by atoms with Crippen LogP contribution in [0.15, 0.2) is 30.6 Å². The molecule has 0 saturated heterocycles. The van der Waals surface area contributed by atoms with Crippen LogP contribution in [-0.2, 0) is 0 Å². The van der Waals surface area contributed by atoms with Crippen LogP contribution in [0.3, 0.4) is 0 Å². The minimum atomic E-state index is -0.0537. The Hall–Kier alpha value is -2.81. The first-order valence-electron chi connectivity index (χ1n) is 6.05. The van der Waals surface area contributed by atoms with Crippen LogP contribution in [-0.4, -0.2) is 16.1 Å². The Labute approximate surface area is 116 Å². The van der Waals surface area contributed by atoms with Gasteiger partial charge in [0.05, 0.1) is 17.7 Å². The fourth-order valence-electron chi connectivity index (χ4n) is 1.50. The van der Waals surface area contributed by atoms with Crippen molar-refractivity contribution in [3.63, 3.8) is 0 Å². The van der Waals surface area contributed by atoms with Crippen LogP contribution in [0.5, 0.6) is 17.5 Å². The molecule has 2 N–H and O–H groups in total. The van der Waals surface area contributed by atoms with Crippen LogP contribution < -0.4 is 15.2 Å². The number of benzene rings is 1. The van der Waals surface area contributed by atoms with Crippen molar-refractivity contribution in [1.82, 2.24) is 9.97 Å². The van der Waals surface area contributed by atoms with E-state index in [0.29, 0.717) is 11.3 Å². The summed E-state index contributed by atoms with van der Waals surface area (Å²) in [5.41, 5.74) is 6.63. The zero-order chi connectivity index (χ0) is 14.5. The summed E-state index contributed by atoms with van der Waals surface area (Å²) in [6.07, 6.45) is 1.26. The van der Waals surface area contributed by atoms with Gasteiger partial charge in [-0.3, -0.25) is 0 Å². The number of nitrogen functional groups attached to an aromatic ring is 1. The topological polar surface area (TPSA) is 94.0 Å². The molecule has 6 heteroatoms. The van der Waals surface area contributed by atoms with Gasteiger partial charge in [-0.2, -0.15) is 15.2 Å². The van der Waals surface area contributed by atoms with Crippen LogP contribution in [0, 0.1) is 11.3 Å². The SMILES string of the molecule is CC(C)Oc1ncnc(Oc2cccc(C#N)c2)c1N. The van der Waals surface area contributed by atoms with Crippen LogP contribution in [0.1, 0.15) is 19.4 Å². The molecular weight excluding hydrogens is 256 g/mol. The molecule has 1 aromatic heterocycles. The first kappa shape index (κ1) is 13.6. The van der Waals surface area contributed by atoms with Crippen molar-refractivity contribution < 1.29 is 9.47 Å². The highest BCUT2D eigenvalue weighted by Gasteiger charge is 2.12. The molecule has 0 aliphatic carbocycles. The third-order valence-electron chi connectivity index (χ3n) is 2.34. The van der Waals surface area contributed by atoms with E-state index in [4.69, 9.17) is 20.5 Å². The van der Waals surface area contributed by atoms with Gasteiger partial charge in [-0.25, -0.2) is 0 Å². The molecule has 6 nitrogen and oxygen atoms in total. The van der Waals surface area contributed by atoms with Crippen molar-refractivity contribution in [1.29, 1.82) is 5.26 Å². The van der Waals surface area contributed by atoms with Crippen molar-refractivity contribution in [2.24, 2.45) is 0 Å². The molecule has 0 atom stereocenters. The third kappa shape index (κ3) is 3.14. The summed E-state index contributed by atoms with van der Waals surface area (Å²) in [7, 11) is 0. The van der Waals surface area contributed by atoms with Crippen LogP contribution in [0.25, 0.3) is 0 Å². The summed E-state index contributed by atoms with van der Waals surface area (Å²) in [5.74, 6) is 0.956. The first-order valence-corrected chi connectivity index (χ1v) is 6.05. The van der Waals surface area contributed by atoms with Crippen LogP contribution >= 0.6 is 0 Å². The molecule has 102 valence electrons. The largest absolute Gasteiger partial charge is 0.473 e. The maximum atomic E-state index is 8.85. The number of ether oxygens (including phenoxy) is 2. The second-order valence-electron chi connectivity index (χ2n) is 4.31. The molecule has 0 spiro atoms. The molecule has 0 radical (unpaired) electrons. The number of nitriles is 1. The van der Waals surface area contributed by atoms with Crippen molar-refractivity contribution in [3.8, 4) is 23.6 Å². The lowest BCUT2D eigenvalue weighted by atomic mass is 10.2. The van der Waals surface area contributed by atoms with Crippen LogP contribution in [0.2, 0.25) is 0 Å². The molecule has 0 aliphatic heterocycles. The standard InChI is InChI=1S/C14H14N4O2/c1-9(2)19-13-12(16)14(18-8-17-13)20-11-5-3-4-10(6-11)7-15/h3-6,8-9H,16H2,1-2H3. The Bertz CT molecular complexity index is 650. The van der Waals surface area contributed by atoms with Gasteiger partial charge in [-0.15, -0.1) is 0 Å². The molecule has 1 heterocycles. The lowest BCUT2D eigenvalue weighted by Crippen LogP contribution is -2.10. The fourth-order valence-corrected chi connectivity index (χ4v) is 1.50. The number of rotatable bonds is 4. The van der Waals surface area contributed by atoms with Gasteiger partial charge in [-0.05, 0) is 32.0 Å². The van der Waals surface area contributed by atoms with E-state index in [1.807, 2.05) is 19.9 Å². The highest BCUT2D eigenvalue weighted by molar-refractivity contribution is 5.57. The van der Waals surface area contributed by atoms with Crippen molar-refractivity contribution in [2.45, 2.75) is 20.0 Å². The summed E-state index contributed by atoms with van der Waals surface area (Å²) in [5, 5.41) is 8.85. The highest BCUT2D eigenvalue weighted by Crippen LogP contribution is 2.31. The molecule has 0 aliphatic rings. The normalized spacial score (nSPS) is 10.1. The van der Waals surface area contributed by atoms with Gasteiger partial charge in [-0.1, -0.05) is 6.07 Å². The van der Waals surface area contributed by atoms with Gasteiger partial charge in [0, 0.05) is 0 Å². The van der Waals surface area contributed by atoms with Gasteiger partial charge >= 0.3 is 0 Å². The highest BCUT2D eigenvalue weighted by atomic mass is 16.5. The Morgan fingerprint density at radius 1 is 1.25 bits per heavy atom. The van der Waals surface area contributed by atoms with E-state index >= 15 is 0 Å². The van der Waals surface area contributed by atoms with Crippen molar-refractivity contribution >= 4 is 5.69 Å². The molecule has 0 fully saturated rings. The lowest BCUT2D eigenvalue weighted by Gasteiger charge is -2.13. The number of nitrogens with zero attached hydrogens (tertiary/aromatic N) is 3. The van der Waals surface area contributed by atoms with Gasteiger partial charge in [0.15, 0.2) is 5.69 Å². The van der Waals surface area contributed by atoms with E-state index in [0.717, 1.165) is 0 Å². The van der Waals surface area contributed by atoms with Crippen molar-refractivity contribution in [3.05, 3.63) is 36.2 Å². The van der Waals surface area contributed by atoms with E-state index in [-0.39, 0.29) is 23.6 Å². The van der Waals surface area contributed by atoms with Crippen molar-refractivity contribution in [2.75, 3.05) is 5.73 Å². The Morgan fingerprint density at radius 3 is 2.70 bits per heavy atom. The van der Waals surface area contributed by atoms with E-state index in [1.165, 1.54) is 6.33 Å². The molecule has 2 rings (SSSR count). The van der Waals surface area contributed by atoms with E-state index in [1.54, 1.807) is 24.3 Å². The molecule has 20 heavy (non-hydrogen) atoms. The second kappa shape index (κ2) is 5.89. The smallest absolute Gasteiger partial charge is 0.249 e. The third-order valence-corrected chi connectivity index (χ3v) is 2.34. The van der Waals surface area contributed by atoms with Gasteiger partial charge in [0.2, 0.25) is 11.8 Å². The average Bonchev–Trinajstić information content (AvgIpc) is 2.43. The monoisotopic (exact) mass is 270 g/mol. The predicted molar refractivity (Wildman–Crippen MR) is 73.4 cm³/mol. The molecule has 0 unspecified atom stereocenters. The second-order valence-corrected chi connectivity index (χ2v) is 4.31. The molecule has 0 saturated carbocycles. The number of hydrogen-bond donors (Lipinski definition) is 1. The zero-order valence-corrected chi connectivity index (χ0v) is 11.2. The molecule has 1 aromatic carbocycles. The predicted octanol–water partition coefficient (Wildman–Crippen LogP) is 2.51. The molecule has 0 amide bonds. The average molecular weight is 270 g/mol. The first-order chi connectivity index (χ1) is 9.60. The number of hydrogen-bond acceptors (Lipinski definition) is 6. The number of anilines is 1. The fraction of sp³-hybridized carbons (Fsp3) is 0.214. The quantitative estimate of drug-likeness (QED) is 0.917. The van der Waals surface area contributed by atoms with E-state index in [9.17, 15) is 0 Å². The lowest BCUT2D eigenvalue weighted by molar-refractivity contribution is 0.233. The zero-order valence-electron chi connectivity index (χ0n) is 11.2. The molecule has 0 bridgehead atoms. The minimum absolute atomic E-state index is 0.0537. The number of aromatic nitrogens is 2. The summed E-state index contributed by atoms with van der Waals surface area (Å²) >= 11 is 0. The maximum absolute atomic E-state index is 8.85. The van der Waals surface area contributed by atoms with Gasteiger partial charge in [0.1, 0.15) is 12.1 Å². The van der Waals surface area contributed by atoms with Gasteiger partial charge < -0.3 is 15.2 Å². The maximum Gasteiger partial charge on any atom is 0.249 e. The summed E-state index contributed by atoms with van der Waals surface area (Å²) < 4.78 is 11.0. The minimum Gasteiger partial charge on any atom is -0.473 e. The molecular formula is C14H14N4O2. The van der Waals surface area contributed by atoms with E-state index in [2.05, 4.69) is 9.97 Å². The molecule has 2 aromatic rings. The van der Waals surface area contributed by atoms with Gasteiger partial charge in [0.25, 0.3) is 0 Å². The summed E-state index contributed by atoms with van der Waals surface area (Å²) in [6.45, 7) is 3.75. The Kier molecular flexibility index (Phi) is 4.01. The summed E-state index contributed by atoms with van der Waals surface area (Å²) in [6, 6.07) is 8.75. The Balaban J connectivity index is 2.27. The van der Waals surface area contributed by atoms with E-state index < -0.39 is 0 Å². The number of nitrogens with two attached hydrogens (primary N) is 1. The summed E-state index contributed by atoms with van der Waals surface area (Å²) in [4.78, 5) is 7.94. The Morgan fingerprint density at radius 2 is 2.00 bits per heavy atom.